The van der Waals surface area contributed by atoms with Crippen molar-refractivity contribution in [2.75, 3.05) is 5.32 Å². The number of anilines is 1. The zero-order valence-electron chi connectivity index (χ0n) is 15.3. The Bertz CT molecular complexity index is 979. The first-order valence-corrected chi connectivity index (χ1v) is 8.60. The fraction of sp³-hybridized carbons (Fsp3) is 0.222. The summed E-state index contributed by atoms with van der Waals surface area (Å²) in [5.74, 6) is 0.380. The molecule has 0 bridgehead atoms. The minimum atomic E-state index is -0.236. The molecule has 0 aliphatic carbocycles. The van der Waals surface area contributed by atoms with Crippen molar-refractivity contribution >= 4 is 42.5 Å². The van der Waals surface area contributed by atoms with Crippen molar-refractivity contribution < 1.29 is 9.59 Å². The fourth-order valence-corrected chi connectivity index (χ4v) is 2.89. The minimum Gasteiger partial charge on any atom is -0.326 e. The summed E-state index contributed by atoms with van der Waals surface area (Å²) in [5.41, 5.74) is 0.895. The Balaban J connectivity index is 0.00000280. The van der Waals surface area contributed by atoms with Crippen molar-refractivity contribution in [1.29, 1.82) is 0 Å². The van der Waals surface area contributed by atoms with Crippen molar-refractivity contribution in [2.45, 2.75) is 26.2 Å². The smallest absolute Gasteiger partial charge is 0.252 e. The van der Waals surface area contributed by atoms with Crippen LogP contribution in [0.15, 0.2) is 43.0 Å². The molecular weight excluding hydrogens is 400 g/mol. The van der Waals surface area contributed by atoms with E-state index in [1.165, 1.54) is 17.9 Å². The van der Waals surface area contributed by atoms with Crippen LogP contribution in [-0.4, -0.2) is 36.4 Å². The summed E-state index contributed by atoms with van der Waals surface area (Å²) < 4.78 is 1.51. The van der Waals surface area contributed by atoms with E-state index < -0.39 is 0 Å². The van der Waals surface area contributed by atoms with Gasteiger partial charge in [0, 0.05) is 47.9 Å². The number of hydrogen-bond acceptors (Lipinski definition) is 6. The predicted octanol–water partition coefficient (Wildman–Crippen LogP) is 3.16. The third kappa shape index (κ3) is 5.14. The molecular formula is C18H19ClN6O2S. The molecule has 1 atom stereocenters. The maximum absolute atomic E-state index is 12.7. The molecule has 0 saturated carbocycles. The molecule has 1 amide bonds. The second kappa shape index (κ2) is 9.43. The maximum Gasteiger partial charge on any atom is 0.252 e. The molecule has 2 heterocycles. The van der Waals surface area contributed by atoms with Crippen LogP contribution in [0.1, 0.15) is 42.4 Å². The van der Waals surface area contributed by atoms with Crippen LogP contribution in [0.5, 0.6) is 0 Å². The lowest BCUT2D eigenvalue weighted by Crippen LogP contribution is -2.13. The SMILES string of the molecule is CC(=O)Nc1cc(Cl)cc(C(=O)C[C@H](C)c2ncnn2-c2ncccn2)c1.S. The standard InChI is InChI=1S/C18H17ClN6O2.H2S/c1-11(17-22-10-23-25(17)18-20-4-3-5-21-18)6-16(27)13-7-14(19)9-15(8-13)24-12(2)26;/h3-5,7-11H,6H2,1-2H3,(H,24,26);1H2/t11-;/m0./s1. The number of aromatic nitrogens is 5. The molecule has 0 aliphatic heterocycles. The summed E-state index contributed by atoms with van der Waals surface area (Å²) in [6.45, 7) is 3.27. The van der Waals surface area contributed by atoms with Crippen LogP contribution in [0.2, 0.25) is 5.02 Å². The third-order valence-electron chi connectivity index (χ3n) is 3.79. The molecule has 1 N–H and O–H groups in total. The monoisotopic (exact) mass is 418 g/mol. The number of hydrogen-bond donors (Lipinski definition) is 1. The van der Waals surface area contributed by atoms with Gasteiger partial charge in [0.25, 0.3) is 5.95 Å². The van der Waals surface area contributed by atoms with E-state index in [0.29, 0.717) is 28.0 Å². The fourth-order valence-electron chi connectivity index (χ4n) is 2.65. The van der Waals surface area contributed by atoms with E-state index in [1.54, 1.807) is 36.7 Å². The van der Waals surface area contributed by atoms with E-state index in [2.05, 4.69) is 25.4 Å². The van der Waals surface area contributed by atoms with Crippen molar-refractivity contribution in [3.05, 3.63) is 59.4 Å². The van der Waals surface area contributed by atoms with Crippen LogP contribution < -0.4 is 5.32 Å². The first-order valence-electron chi connectivity index (χ1n) is 8.22. The second-order valence-corrected chi connectivity index (χ2v) is 6.45. The van der Waals surface area contributed by atoms with Crippen LogP contribution in [-0.2, 0) is 4.79 Å². The molecule has 0 unspecified atom stereocenters. The van der Waals surface area contributed by atoms with Gasteiger partial charge in [0.15, 0.2) is 5.78 Å². The van der Waals surface area contributed by atoms with Gasteiger partial charge in [-0.1, -0.05) is 18.5 Å². The highest BCUT2D eigenvalue weighted by molar-refractivity contribution is 7.59. The lowest BCUT2D eigenvalue weighted by Gasteiger charge is -2.12. The number of carbonyl (C=O) groups excluding carboxylic acids is 2. The predicted molar refractivity (Wildman–Crippen MR) is 110 cm³/mol. The number of Topliss-reactive ketones (excluding diaryl/α,β-unsaturated/α-hetero) is 1. The molecule has 2 aromatic heterocycles. The average molecular weight is 419 g/mol. The Kier molecular flexibility index (Phi) is 7.24. The van der Waals surface area contributed by atoms with Crippen molar-refractivity contribution in [1.82, 2.24) is 24.7 Å². The van der Waals surface area contributed by atoms with Gasteiger partial charge in [0.1, 0.15) is 12.2 Å². The molecule has 3 aromatic rings. The molecule has 0 fully saturated rings. The zero-order chi connectivity index (χ0) is 19.4. The maximum atomic E-state index is 12.7. The first kappa shape index (κ1) is 21.5. The summed E-state index contributed by atoms with van der Waals surface area (Å²) in [6.07, 6.45) is 4.81. The van der Waals surface area contributed by atoms with Gasteiger partial charge in [-0.05, 0) is 24.3 Å². The van der Waals surface area contributed by atoms with Gasteiger partial charge in [-0.3, -0.25) is 9.59 Å². The quantitative estimate of drug-likeness (QED) is 0.617. The zero-order valence-corrected chi connectivity index (χ0v) is 17.0. The number of amides is 1. The van der Waals surface area contributed by atoms with Crippen molar-refractivity contribution in [3.8, 4) is 5.95 Å². The summed E-state index contributed by atoms with van der Waals surface area (Å²) >= 11 is 6.07. The van der Waals surface area contributed by atoms with Crippen LogP contribution in [0.4, 0.5) is 5.69 Å². The molecule has 0 saturated heterocycles. The number of nitrogens with one attached hydrogen (secondary N) is 1. The molecule has 8 nitrogen and oxygen atoms in total. The molecule has 0 radical (unpaired) electrons. The van der Waals surface area contributed by atoms with Crippen LogP contribution in [0.3, 0.4) is 0 Å². The average Bonchev–Trinajstić information content (AvgIpc) is 3.11. The van der Waals surface area contributed by atoms with Gasteiger partial charge in [0.05, 0.1) is 0 Å². The molecule has 3 rings (SSSR count). The van der Waals surface area contributed by atoms with Gasteiger partial charge in [-0.2, -0.15) is 23.3 Å². The van der Waals surface area contributed by atoms with Crippen LogP contribution >= 0.6 is 25.1 Å². The van der Waals surface area contributed by atoms with E-state index in [4.69, 9.17) is 11.6 Å². The topological polar surface area (TPSA) is 103 Å². The summed E-state index contributed by atoms with van der Waals surface area (Å²) in [7, 11) is 0. The largest absolute Gasteiger partial charge is 0.326 e. The molecule has 146 valence electrons. The number of rotatable bonds is 6. The summed E-state index contributed by atoms with van der Waals surface area (Å²) in [4.78, 5) is 36.5. The molecule has 28 heavy (non-hydrogen) atoms. The van der Waals surface area contributed by atoms with Gasteiger partial charge in [0.2, 0.25) is 5.91 Å². The van der Waals surface area contributed by atoms with Gasteiger partial charge < -0.3 is 5.32 Å². The van der Waals surface area contributed by atoms with Gasteiger partial charge in [-0.15, -0.1) is 0 Å². The Morgan fingerprint density at radius 3 is 2.57 bits per heavy atom. The summed E-state index contributed by atoms with van der Waals surface area (Å²) in [5, 5.41) is 7.16. The second-order valence-electron chi connectivity index (χ2n) is 6.02. The first-order chi connectivity index (χ1) is 12.9. The lowest BCUT2D eigenvalue weighted by molar-refractivity contribution is -0.114. The van der Waals surface area contributed by atoms with Crippen molar-refractivity contribution in [3.63, 3.8) is 0 Å². The van der Waals surface area contributed by atoms with E-state index in [9.17, 15) is 9.59 Å². The van der Waals surface area contributed by atoms with Gasteiger partial charge in [-0.25, -0.2) is 15.0 Å². The number of halogens is 1. The normalized spacial score (nSPS) is 11.4. The number of ketones is 1. The van der Waals surface area contributed by atoms with E-state index in [1.807, 2.05) is 6.92 Å². The Hall–Kier alpha value is -2.78. The highest BCUT2D eigenvalue weighted by atomic mass is 35.5. The Labute approximate surface area is 173 Å². The Morgan fingerprint density at radius 2 is 1.89 bits per heavy atom. The molecule has 0 spiro atoms. The van der Waals surface area contributed by atoms with E-state index in [0.717, 1.165) is 0 Å². The molecule has 0 aliphatic rings. The Morgan fingerprint density at radius 1 is 1.18 bits per heavy atom. The van der Waals surface area contributed by atoms with E-state index >= 15 is 0 Å². The van der Waals surface area contributed by atoms with Crippen LogP contribution in [0.25, 0.3) is 5.95 Å². The molecule has 1 aromatic carbocycles. The van der Waals surface area contributed by atoms with Gasteiger partial charge >= 0.3 is 0 Å². The number of benzene rings is 1. The number of carbonyl (C=O) groups is 2. The molecule has 10 heteroatoms. The minimum absolute atomic E-state index is 0. The third-order valence-corrected chi connectivity index (χ3v) is 4.01. The number of nitrogens with zero attached hydrogens (tertiary/aromatic N) is 5. The highest BCUT2D eigenvalue weighted by Gasteiger charge is 2.20. The summed E-state index contributed by atoms with van der Waals surface area (Å²) in [6, 6.07) is 6.48. The highest BCUT2D eigenvalue weighted by Crippen LogP contribution is 2.24. The van der Waals surface area contributed by atoms with Crippen molar-refractivity contribution in [2.24, 2.45) is 0 Å². The van der Waals surface area contributed by atoms with E-state index in [-0.39, 0.29) is 37.5 Å². The van der Waals surface area contributed by atoms with Crippen LogP contribution in [0, 0.1) is 0 Å². The lowest BCUT2D eigenvalue weighted by atomic mass is 9.98.